The standard InChI is InChI=1S/C24H20N4OS/c1-17-9-11-20(26-23(29)12-10-18-6-3-2-4-7-18)14-21(17)27-24-28-22(16-30-24)19-8-5-13-25-15-19/h2-9,11,13-16,23,26,29H,1H3,(H,27,28). The Morgan fingerprint density at radius 1 is 1.07 bits per heavy atom. The van der Waals surface area contributed by atoms with Gasteiger partial charge in [0.25, 0.3) is 0 Å². The van der Waals surface area contributed by atoms with Gasteiger partial charge in [0.1, 0.15) is 0 Å². The van der Waals surface area contributed by atoms with Crippen LogP contribution in [0.1, 0.15) is 11.1 Å². The molecule has 0 radical (unpaired) electrons. The highest BCUT2D eigenvalue weighted by molar-refractivity contribution is 7.14. The Labute approximate surface area is 179 Å². The first-order chi connectivity index (χ1) is 14.7. The zero-order chi connectivity index (χ0) is 20.8. The summed E-state index contributed by atoms with van der Waals surface area (Å²) in [6, 6.07) is 19.3. The molecule has 1 unspecified atom stereocenters. The molecule has 30 heavy (non-hydrogen) atoms. The lowest BCUT2D eigenvalue weighted by atomic mass is 10.2. The van der Waals surface area contributed by atoms with Crippen LogP contribution in [0.15, 0.2) is 78.4 Å². The lowest BCUT2D eigenvalue weighted by Gasteiger charge is -2.12. The number of aromatic nitrogens is 2. The fraction of sp³-hybridized carbons (Fsp3) is 0.0833. The van der Waals surface area contributed by atoms with Crippen molar-refractivity contribution in [3.8, 4) is 23.1 Å². The number of pyridine rings is 1. The average molecular weight is 413 g/mol. The van der Waals surface area contributed by atoms with E-state index in [0.29, 0.717) is 0 Å². The van der Waals surface area contributed by atoms with Gasteiger partial charge in [0, 0.05) is 40.3 Å². The molecule has 0 aliphatic heterocycles. The van der Waals surface area contributed by atoms with Gasteiger partial charge in [0.2, 0.25) is 0 Å². The maximum atomic E-state index is 10.2. The number of aryl methyl sites for hydroxylation is 1. The number of aliphatic hydroxyl groups is 1. The molecule has 0 spiro atoms. The summed E-state index contributed by atoms with van der Waals surface area (Å²) < 4.78 is 0. The summed E-state index contributed by atoms with van der Waals surface area (Å²) in [5.41, 5.74) is 5.47. The Balaban J connectivity index is 1.46. The number of anilines is 3. The third kappa shape index (κ3) is 5.03. The van der Waals surface area contributed by atoms with E-state index in [1.807, 2.05) is 73.0 Å². The molecule has 2 heterocycles. The van der Waals surface area contributed by atoms with Gasteiger partial charge in [0.15, 0.2) is 11.4 Å². The number of nitrogens with zero attached hydrogens (tertiary/aromatic N) is 2. The van der Waals surface area contributed by atoms with Gasteiger partial charge in [-0.3, -0.25) is 4.98 Å². The second kappa shape index (κ2) is 9.23. The van der Waals surface area contributed by atoms with E-state index in [1.54, 1.807) is 12.4 Å². The third-order valence-electron chi connectivity index (χ3n) is 4.37. The van der Waals surface area contributed by atoms with E-state index >= 15 is 0 Å². The van der Waals surface area contributed by atoms with Crippen molar-refractivity contribution in [2.75, 3.05) is 10.6 Å². The number of hydrogen-bond acceptors (Lipinski definition) is 6. The molecule has 2 aromatic carbocycles. The molecule has 6 heteroatoms. The van der Waals surface area contributed by atoms with Crippen LogP contribution in [0.3, 0.4) is 0 Å². The first-order valence-electron chi connectivity index (χ1n) is 9.42. The minimum absolute atomic E-state index is 0.766. The fourth-order valence-corrected chi connectivity index (χ4v) is 3.54. The zero-order valence-electron chi connectivity index (χ0n) is 16.3. The van der Waals surface area contributed by atoms with E-state index < -0.39 is 6.23 Å². The van der Waals surface area contributed by atoms with Gasteiger partial charge in [-0.15, -0.1) is 11.3 Å². The molecule has 2 aromatic heterocycles. The molecule has 0 aliphatic rings. The first-order valence-corrected chi connectivity index (χ1v) is 10.3. The molecule has 148 valence electrons. The van der Waals surface area contributed by atoms with E-state index in [2.05, 4.69) is 32.4 Å². The van der Waals surface area contributed by atoms with Gasteiger partial charge in [-0.2, -0.15) is 0 Å². The molecule has 0 saturated heterocycles. The van der Waals surface area contributed by atoms with Crippen molar-refractivity contribution < 1.29 is 5.11 Å². The Morgan fingerprint density at radius 3 is 2.73 bits per heavy atom. The van der Waals surface area contributed by atoms with Crippen LogP contribution in [0.2, 0.25) is 0 Å². The van der Waals surface area contributed by atoms with Crippen molar-refractivity contribution in [1.82, 2.24) is 9.97 Å². The lowest BCUT2D eigenvalue weighted by Crippen LogP contribution is -2.16. The van der Waals surface area contributed by atoms with E-state index in [-0.39, 0.29) is 0 Å². The van der Waals surface area contributed by atoms with Crippen LogP contribution in [0.25, 0.3) is 11.3 Å². The van der Waals surface area contributed by atoms with Gasteiger partial charge in [-0.05, 0) is 54.8 Å². The number of thiazole rings is 1. The normalized spacial score (nSPS) is 11.3. The number of hydrogen-bond donors (Lipinski definition) is 3. The maximum absolute atomic E-state index is 10.2. The summed E-state index contributed by atoms with van der Waals surface area (Å²) in [6.07, 6.45) is 2.57. The molecular formula is C24H20N4OS. The van der Waals surface area contributed by atoms with E-state index in [0.717, 1.165) is 38.9 Å². The predicted molar refractivity (Wildman–Crippen MR) is 123 cm³/mol. The quantitative estimate of drug-likeness (QED) is 0.316. The summed E-state index contributed by atoms with van der Waals surface area (Å²) in [5, 5.41) is 19.4. The third-order valence-corrected chi connectivity index (χ3v) is 5.13. The Bertz CT molecular complexity index is 1180. The van der Waals surface area contributed by atoms with Crippen LogP contribution in [0.4, 0.5) is 16.5 Å². The van der Waals surface area contributed by atoms with E-state index in [9.17, 15) is 5.11 Å². The molecule has 0 saturated carbocycles. The average Bonchev–Trinajstić information content (AvgIpc) is 3.25. The van der Waals surface area contributed by atoms with Crippen LogP contribution in [0.5, 0.6) is 0 Å². The fourth-order valence-electron chi connectivity index (χ4n) is 2.81. The molecule has 0 bridgehead atoms. The molecule has 3 N–H and O–H groups in total. The summed E-state index contributed by atoms with van der Waals surface area (Å²) in [7, 11) is 0. The van der Waals surface area contributed by atoms with Crippen LogP contribution >= 0.6 is 11.3 Å². The zero-order valence-corrected chi connectivity index (χ0v) is 17.1. The number of benzene rings is 2. The Morgan fingerprint density at radius 2 is 1.93 bits per heavy atom. The lowest BCUT2D eigenvalue weighted by molar-refractivity contribution is 0.261. The van der Waals surface area contributed by atoms with Crippen LogP contribution in [-0.4, -0.2) is 21.3 Å². The summed E-state index contributed by atoms with van der Waals surface area (Å²) in [5.74, 6) is 5.77. The monoisotopic (exact) mass is 412 g/mol. The highest BCUT2D eigenvalue weighted by Gasteiger charge is 2.08. The van der Waals surface area contributed by atoms with Gasteiger partial charge in [-0.25, -0.2) is 4.98 Å². The molecule has 5 nitrogen and oxygen atoms in total. The number of nitrogens with one attached hydrogen (secondary N) is 2. The molecule has 4 aromatic rings. The minimum Gasteiger partial charge on any atom is -0.363 e. The molecule has 0 fully saturated rings. The van der Waals surface area contributed by atoms with Gasteiger partial charge >= 0.3 is 0 Å². The molecule has 4 rings (SSSR count). The van der Waals surface area contributed by atoms with Crippen molar-refractivity contribution in [3.05, 3.63) is 89.6 Å². The van der Waals surface area contributed by atoms with Gasteiger partial charge < -0.3 is 15.7 Å². The second-order valence-corrected chi connectivity index (χ2v) is 7.47. The van der Waals surface area contributed by atoms with Crippen LogP contribution in [0, 0.1) is 18.8 Å². The largest absolute Gasteiger partial charge is 0.363 e. The molecule has 1 atom stereocenters. The van der Waals surface area contributed by atoms with Crippen LogP contribution < -0.4 is 10.6 Å². The smallest absolute Gasteiger partial charge is 0.189 e. The summed E-state index contributed by atoms with van der Waals surface area (Å²) in [4.78, 5) is 8.79. The van der Waals surface area contributed by atoms with E-state index in [4.69, 9.17) is 0 Å². The second-order valence-electron chi connectivity index (χ2n) is 6.62. The van der Waals surface area contributed by atoms with Gasteiger partial charge in [0.05, 0.1) is 5.69 Å². The van der Waals surface area contributed by atoms with Gasteiger partial charge in [-0.1, -0.05) is 30.2 Å². The van der Waals surface area contributed by atoms with Crippen LogP contribution in [-0.2, 0) is 0 Å². The van der Waals surface area contributed by atoms with Crippen molar-refractivity contribution in [2.24, 2.45) is 0 Å². The molecule has 0 aliphatic carbocycles. The van der Waals surface area contributed by atoms with Crippen molar-refractivity contribution in [2.45, 2.75) is 13.2 Å². The summed E-state index contributed by atoms with van der Waals surface area (Å²) >= 11 is 1.53. The number of aliphatic hydroxyl groups excluding tert-OH is 1. The Hall–Kier alpha value is -3.66. The summed E-state index contributed by atoms with van der Waals surface area (Å²) in [6.45, 7) is 2.02. The number of rotatable bonds is 5. The van der Waals surface area contributed by atoms with Crippen molar-refractivity contribution in [3.63, 3.8) is 0 Å². The van der Waals surface area contributed by atoms with Crippen molar-refractivity contribution >= 4 is 27.8 Å². The molecular weight excluding hydrogens is 392 g/mol. The molecule has 0 amide bonds. The predicted octanol–water partition coefficient (Wildman–Crippen LogP) is 5.04. The SMILES string of the molecule is Cc1ccc(NC(O)C#Cc2ccccc2)cc1Nc1nc(-c2cccnc2)cs1. The Kier molecular flexibility index (Phi) is 6.04. The first kappa shape index (κ1) is 19.6. The topological polar surface area (TPSA) is 70.1 Å². The maximum Gasteiger partial charge on any atom is 0.189 e. The highest BCUT2D eigenvalue weighted by atomic mass is 32.1. The van der Waals surface area contributed by atoms with Crippen molar-refractivity contribution in [1.29, 1.82) is 0 Å². The minimum atomic E-state index is -0.974. The highest BCUT2D eigenvalue weighted by Crippen LogP contribution is 2.29. The van der Waals surface area contributed by atoms with E-state index in [1.165, 1.54) is 11.3 Å².